The standard InChI is InChI=1S/C10H11N3O2S/c1-2-3-13-8(5-11-12-13)9-4-7(6-16-9)10(14)15/h4-6H,2-3H2,1H3,(H,14,15). The maximum atomic E-state index is 10.8. The lowest BCUT2D eigenvalue weighted by molar-refractivity contribution is 0.0697. The number of carboxylic acids is 1. The first-order valence-electron chi connectivity index (χ1n) is 4.93. The van der Waals surface area contributed by atoms with E-state index in [1.54, 1.807) is 22.3 Å². The van der Waals surface area contributed by atoms with Crippen molar-refractivity contribution in [3.8, 4) is 10.6 Å². The van der Waals surface area contributed by atoms with E-state index in [0.717, 1.165) is 23.5 Å². The van der Waals surface area contributed by atoms with Gasteiger partial charge in [-0.3, -0.25) is 0 Å². The lowest BCUT2D eigenvalue weighted by Crippen LogP contribution is -2.00. The smallest absolute Gasteiger partial charge is 0.336 e. The van der Waals surface area contributed by atoms with Crippen LogP contribution in [0.1, 0.15) is 23.7 Å². The molecule has 6 heteroatoms. The molecule has 2 heterocycles. The van der Waals surface area contributed by atoms with Crippen LogP contribution in [0.3, 0.4) is 0 Å². The predicted molar refractivity (Wildman–Crippen MR) is 60.6 cm³/mol. The van der Waals surface area contributed by atoms with Crippen molar-refractivity contribution < 1.29 is 9.90 Å². The molecule has 0 aliphatic heterocycles. The molecule has 0 aliphatic carbocycles. The molecular weight excluding hydrogens is 226 g/mol. The summed E-state index contributed by atoms with van der Waals surface area (Å²) >= 11 is 1.39. The Kier molecular flexibility index (Phi) is 3.00. The van der Waals surface area contributed by atoms with Gasteiger partial charge in [0.25, 0.3) is 0 Å². The van der Waals surface area contributed by atoms with Gasteiger partial charge in [0.1, 0.15) is 0 Å². The first kappa shape index (κ1) is 10.8. The van der Waals surface area contributed by atoms with Crippen molar-refractivity contribution in [1.29, 1.82) is 0 Å². The molecule has 1 N–H and O–H groups in total. The van der Waals surface area contributed by atoms with Gasteiger partial charge in [0.2, 0.25) is 0 Å². The SMILES string of the molecule is CCCn1nncc1-c1cc(C(=O)O)cs1. The van der Waals surface area contributed by atoms with Crippen molar-refractivity contribution in [3.63, 3.8) is 0 Å². The van der Waals surface area contributed by atoms with Crippen LogP contribution in [0.5, 0.6) is 0 Å². The highest BCUT2D eigenvalue weighted by Crippen LogP contribution is 2.26. The van der Waals surface area contributed by atoms with E-state index in [1.807, 2.05) is 0 Å². The molecule has 0 atom stereocenters. The van der Waals surface area contributed by atoms with Crippen molar-refractivity contribution in [1.82, 2.24) is 15.0 Å². The Morgan fingerprint density at radius 1 is 1.62 bits per heavy atom. The zero-order valence-corrected chi connectivity index (χ0v) is 9.57. The summed E-state index contributed by atoms with van der Waals surface area (Å²) < 4.78 is 1.79. The Morgan fingerprint density at radius 2 is 2.44 bits per heavy atom. The molecule has 0 spiro atoms. The van der Waals surface area contributed by atoms with Crippen LogP contribution in [0, 0.1) is 0 Å². The van der Waals surface area contributed by atoms with Gasteiger partial charge in [0, 0.05) is 11.9 Å². The molecule has 0 bridgehead atoms. The number of aromatic carboxylic acids is 1. The van der Waals surface area contributed by atoms with E-state index in [4.69, 9.17) is 5.11 Å². The van der Waals surface area contributed by atoms with Crippen molar-refractivity contribution in [2.75, 3.05) is 0 Å². The number of thiophene rings is 1. The molecule has 0 radical (unpaired) electrons. The second-order valence-corrected chi connectivity index (χ2v) is 4.26. The van der Waals surface area contributed by atoms with Gasteiger partial charge in [0.05, 0.1) is 22.3 Å². The molecule has 2 aromatic rings. The molecule has 84 valence electrons. The lowest BCUT2D eigenvalue weighted by Gasteiger charge is -2.00. The topological polar surface area (TPSA) is 68.0 Å². The van der Waals surface area contributed by atoms with E-state index in [0.29, 0.717) is 5.56 Å². The largest absolute Gasteiger partial charge is 0.478 e. The summed E-state index contributed by atoms with van der Waals surface area (Å²) in [6.07, 6.45) is 2.63. The maximum absolute atomic E-state index is 10.8. The monoisotopic (exact) mass is 237 g/mol. The first-order chi connectivity index (χ1) is 7.72. The summed E-state index contributed by atoms with van der Waals surface area (Å²) in [5.74, 6) is -0.906. The van der Waals surface area contributed by atoms with Crippen LogP contribution in [0.15, 0.2) is 17.6 Å². The molecule has 0 saturated heterocycles. The van der Waals surface area contributed by atoms with E-state index in [9.17, 15) is 4.79 Å². The van der Waals surface area contributed by atoms with Crippen molar-refractivity contribution in [2.45, 2.75) is 19.9 Å². The van der Waals surface area contributed by atoms with Crippen LogP contribution >= 0.6 is 11.3 Å². The van der Waals surface area contributed by atoms with Crippen LogP contribution in [-0.4, -0.2) is 26.1 Å². The molecule has 0 aliphatic rings. The van der Waals surface area contributed by atoms with Gasteiger partial charge in [-0.25, -0.2) is 9.48 Å². The molecule has 0 fully saturated rings. The first-order valence-corrected chi connectivity index (χ1v) is 5.81. The number of aromatic nitrogens is 3. The Bertz CT molecular complexity index is 504. The van der Waals surface area contributed by atoms with Crippen molar-refractivity contribution >= 4 is 17.3 Å². The molecule has 0 amide bonds. The molecular formula is C10H11N3O2S. The highest BCUT2D eigenvalue weighted by atomic mass is 32.1. The number of hydrogen-bond donors (Lipinski definition) is 1. The van der Waals surface area contributed by atoms with E-state index in [1.165, 1.54) is 11.3 Å². The molecule has 5 nitrogen and oxygen atoms in total. The molecule has 16 heavy (non-hydrogen) atoms. The summed E-state index contributed by atoms with van der Waals surface area (Å²) in [6.45, 7) is 2.85. The summed E-state index contributed by atoms with van der Waals surface area (Å²) in [5.41, 5.74) is 1.18. The summed E-state index contributed by atoms with van der Waals surface area (Å²) in [5, 5.41) is 18.3. The average Bonchev–Trinajstić information content (AvgIpc) is 2.84. The molecule has 0 unspecified atom stereocenters. The lowest BCUT2D eigenvalue weighted by atomic mass is 10.3. The Labute approximate surface area is 96.3 Å². The van der Waals surface area contributed by atoms with Gasteiger partial charge >= 0.3 is 5.97 Å². The zero-order chi connectivity index (χ0) is 11.5. The van der Waals surface area contributed by atoms with Gasteiger partial charge in [0.15, 0.2) is 0 Å². The van der Waals surface area contributed by atoms with Crippen molar-refractivity contribution in [2.24, 2.45) is 0 Å². The highest BCUT2D eigenvalue weighted by Gasteiger charge is 2.11. The number of nitrogens with zero attached hydrogens (tertiary/aromatic N) is 3. The summed E-state index contributed by atoms with van der Waals surface area (Å²) in [7, 11) is 0. The minimum atomic E-state index is -0.906. The Morgan fingerprint density at radius 3 is 3.06 bits per heavy atom. The number of carbonyl (C=O) groups is 1. The summed E-state index contributed by atoms with van der Waals surface area (Å²) in [4.78, 5) is 11.6. The van der Waals surface area contributed by atoms with Gasteiger partial charge in [-0.1, -0.05) is 12.1 Å². The van der Waals surface area contributed by atoms with Gasteiger partial charge in [-0.2, -0.15) is 0 Å². The van der Waals surface area contributed by atoms with Crippen LogP contribution in [0.4, 0.5) is 0 Å². The Balaban J connectivity index is 2.34. The van der Waals surface area contributed by atoms with Gasteiger partial charge in [-0.15, -0.1) is 16.4 Å². The number of carboxylic acid groups (broad SMARTS) is 1. The summed E-state index contributed by atoms with van der Waals surface area (Å²) in [6, 6.07) is 1.65. The minimum Gasteiger partial charge on any atom is -0.478 e. The quantitative estimate of drug-likeness (QED) is 0.884. The van der Waals surface area contributed by atoms with E-state index in [2.05, 4.69) is 17.2 Å². The van der Waals surface area contributed by atoms with E-state index in [-0.39, 0.29) is 0 Å². The van der Waals surface area contributed by atoms with Crippen LogP contribution in [0.2, 0.25) is 0 Å². The molecule has 2 aromatic heterocycles. The fraction of sp³-hybridized carbons (Fsp3) is 0.300. The number of rotatable bonds is 4. The van der Waals surface area contributed by atoms with Gasteiger partial charge in [-0.05, 0) is 12.5 Å². The molecule has 2 rings (SSSR count). The van der Waals surface area contributed by atoms with Crippen LogP contribution in [-0.2, 0) is 6.54 Å². The second kappa shape index (κ2) is 4.44. The van der Waals surface area contributed by atoms with Crippen molar-refractivity contribution in [3.05, 3.63) is 23.2 Å². The molecule has 0 aromatic carbocycles. The van der Waals surface area contributed by atoms with E-state index >= 15 is 0 Å². The third-order valence-corrected chi connectivity index (χ3v) is 3.10. The normalized spacial score (nSPS) is 10.6. The molecule has 0 saturated carbocycles. The number of aryl methyl sites for hydroxylation is 1. The predicted octanol–water partition coefficient (Wildman–Crippen LogP) is 2.11. The number of hydrogen-bond acceptors (Lipinski definition) is 4. The minimum absolute atomic E-state index is 0.309. The van der Waals surface area contributed by atoms with Crippen LogP contribution < -0.4 is 0 Å². The van der Waals surface area contributed by atoms with Gasteiger partial charge < -0.3 is 5.11 Å². The fourth-order valence-corrected chi connectivity index (χ4v) is 2.30. The fourth-order valence-electron chi connectivity index (χ4n) is 1.41. The highest BCUT2D eigenvalue weighted by molar-refractivity contribution is 7.13. The van der Waals surface area contributed by atoms with Crippen LogP contribution in [0.25, 0.3) is 10.6 Å². The third kappa shape index (κ3) is 1.96. The zero-order valence-electron chi connectivity index (χ0n) is 8.75. The van der Waals surface area contributed by atoms with E-state index < -0.39 is 5.97 Å². The average molecular weight is 237 g/mol. The maximum Gasteiger partial charge on any atom is 0.336 e. The Hall–Kier alpha value is -1.69. The third-order valence-electron chi connectivity index (χ3n) is 2.15. The second-order valence-electron chi connectivity index (χ2n) is 3.35.